The van der Waals surface area contributed by atoms with Crippen LogP contribution in [0.5, 0.6) is 0 Å². The van der Waals surface area contributed by atoms with Crippen LogP contribution < -0.4 is 11.1 Å². The minimum Gasteiger partial charge on any atom is -0.393 e. The number of amides is 2. The van der Waals surface area contributed by atoms with Gasteiger partial charge >= 0.3 is 6.03 Å². The minimum atomic E-state index is -0.431. The van der Waals surface area contributed by atoms with Gasteiger partial charge in [0.2, 0.25) is 0 Å². The van der Waals surface area contributed by atoms with Crippen molar-refractivity contribution >= 4 is 6.03 Å². The van der Waals surface area contributed by atoms with E-state index in [4.69, 9.17) is 5.73 Å². The lowest BCUT2D eigenvalue weighted by Crippen LogP contribution is -2.62. The van der Waals surface area contributed by atoms with E-state index in [9.17, 15) is 15.0 Å². The summed E-state index contributed by atoms with van der Waals surface area (Å²) in [5.74, 6) is 3.56. The zero-order valence-electron chi connectivity index (χ0n) is 20.1. The van der Waals surface area contributed by atoms with Crippen LogP contribution in [-0.4, -0.2) is 35.0 Å². The monoisotopic (exact) mass is 434 g/mol. The molecule has 4 aliphatic rings. The van der Waals surface area contributed by atoms with Gasteiger partial charge in [-0.05, 0) is 104 Å². The summed E-state index contributed by atoms with van der Waals surface area (Å²) in [6, 6.07) is -0.431. The molecule has 0 spiro atoms. The summed E-state index contributed by atoms with van der Waals surface area (Å²) >= 11 is 0. The Balaban J connectivity index is 1.57. The minimum absolute atomic E-state index is 0.185. The van der Waals surface area contributed by atoms with E-state index >= 15 is 0 Å². The fourth-order valence-corrected chi connectivity index (χ4v) is 9.56. The number of hydrogen-bond acceptors (Lipinski definition) is 3. The quantitative estimate of drug-likeness (QED) is 0.519. The van der Waals surface area contributed by atoms with E-state index in [-0.39, 0.29) is 23.0 Å². The number of nitrogens with one attached hydrogen (secondary N) is 1. The highest BCUT2D eigenvalue weighted by Crippen LogP contribution is 2.69. The standard InChI is InChI=1S/C26H46N2O3/c1-5-17-21-14-16(29)8-11-26(21,4)20-9-12-25(3)18(15(2)10-13-28-24(27)31)6-7-19(25)22(20)23(17)30/h15-23,29-30H,5-14H2,1-4H3,(H3,27,28,31)/t15-,16-,17-,18?,19+,20+,21+,22+,23-,25-,26-/m1/s1. The van der Waals surface area contributed by atoms with Gasteiger partial charge in [0.15, 0.2) is 0 Å². The molecule has 0 aliphatic heterocycles. The van der Waals surface area contributed by atoms with Crippen molar-refractivity contribution in [1.82, 2.24) is 5.32 Å². The third kappa shape index (κ3) is 3.72. The predicted octanol–water partition coefficient (Wildman–Crippen LogP) is 4.31. The largest absolute Gasteiger partial charge is 0.393 e. The number of carbonyl (C=O) groups is 1. The zero-order chi connectivity index (χ0) is 22.6. The highest BCUT2D eigenvalue weighted by molar-refractivity contribution is 5.71. The number of hydrogen-bond donors (Lipinski definition) is 4. The van der Waals surface area contributed by atoms with Gasteiger partial charge in [0.05, 0.1) is 12.2 Å². The third-order valence-electron chi connectivity index (χ3n) is 11.0. The van der Waals surface area contributed by atoms with Gasteiger partial charge in [-0.3, -0.25) is 0 Å². The number of aliphatic hydroxyl groups excluding tert-OH is 2. The maximum atomic E-state index is 11.7. The Hall–Kier alpha value is -0.810. The van der Waals surface area contributed by atoms with Gasteiger partial charge in [-0.25, -0.2) is 4.79 Å². The predicted molar refractivity (Wildman–Crippen MR) is 123 cm³/mol. The van der Waals surface area contributed by atoms with E-state index in [0.717, 1.165) is 32.1 Å². The molecule has 4 fully saturated rings. The topological polar surface area (TPSA) is 95.6 Å². The van der Waals surface area contributed by atoms with Crippen molar-refractivity contribution in [3.63, 3.8) is 0 Å². The molecule has 0 bridgehead atoms. The summed E-state index contributed by atoms with van der Waals surface area (Å²) in [4.78, 5) is 11.1. The molecular weight excluding hydrogens is 388 g/mol. The van der Waals surface area contributed by atoms with Crippen molar-refractivity contribution in [2.75, 3.05) is 6.54 Å². The van der Waals surface area contributed by atoms with Crippen LogP contribution in [0.2, 0.25) is 0 Å². The Morgan fingerprint density at radius 3 is 2.42 bits per heavy atom. The van der Waals surface area contributed by atoms with Gasteiger partial charge < -0.3 is 21.3 Å². The van der Waals surface area contributed by atoms with E-state index in [1.165, 1.54) is 25.7 Å². The Bertz CT molecular complexity index is 671. The van der Waals surface area contributed by atoms with Gasteiger partial charge in [0, 0.05) is 6.54 Å². The molecule has 11 atom stereocenters. The number of fused-ring (bicyclic) bond motifs is 5. The smallest absolute Gasteiger partial charge is 0.312 e. The lowest BCUT2D eigenvalue weighted by molar-refractivity contribution is -0.203. The molecular formula is C26H46N2O3. The molecule has 31 heavy (non-hydrogen) atoms. The average Bonchev–Trinajstić information content (AvgIpc) is 3.06. The van der Waals surface area contributed by atoms with Gasteiger partial charge in [-0.15, -0.1) is 0 Å². The molecule has 0 saturated heterocycles. The van der Waals surface area contributed by atoms with E-state index < -0.39 is 6.03 Å². The normalized spacial score (nSPS) is 50.1. The Kier molecular flexibility index (Phi) is 6.42. The summed E-state index contributed by atoms with van der Waals surface area (Å²) in [5, 5.41) is 25.0. The fraction of sp³-hybridized carbons (Fsp3) is 0.962. The van der Waals surface area contributed by atoms with Gasteiger partial charge in [-0.1, -0.05) is 34.1 Å². The number of rotatable bonds is 5. The van der Waals surface area contributed by atoms with Crippen LogP contribution in [0.3, 0.4) is 0 Å². The summed E-state index contributed by atoms with van der Waals surface area (Å²) < 4.78 is 0. The molecule has 1 unspecified atom stereocenters. The third-order valence-corrected chi connectivity index (χ3v) is 11.0. The van der Waals surface area contributed by atoms with Crippen molar-refractivity contribution in [2.24, 2.45) is 58.0 Å². The molecule has 4 saturated carbocycles. The molecule has 2 amide bonds. The molecule has 4 rings (SSSR count). The number of carbonyl (C=O) groups excluding carboxylic acids is 1. The van der Waals surface area contributed by atoms with Crippen LogP contribution in [0.4, 0.5) is 4.79 Å². The lowest BCUT2D eigenvalue weighted by Gasteiger charge is -2.64. The maximum Gasteiger partial charge on any atom is 0.312 e. The molecule has 0 radical (unpaired) electrons. The van der Waals surface area contributed by atoms with Crippen LogP contribution in [0, 0.1) is 52.3 Å². The van der Waals surface area contributed by atoms with E-state index in [0.29, 0.717) is 48.0 Å². The summed E-state index contributed by atoms with van der Waals surface area (Å²) in [5.41, 5.74) is 5.81. The first-order valence-corrected chi connectivity index (χ1v) is 13.0. The molecule has 0 aromatic rings. The SMILES string of the molecule is CC[C@H]1[C@@H](O)[C@@H]2[C@H](CC[C@]3(C)C([C@H](C)CCNC(N)=O)CC[C@@H]23)[C@@]2(C)CC[C@@H](O)C[C@@H]12. The van der Waals surface area contributed by atoms with Crippen molar-refractivity contribution in [1.29, 1.82) is 0 Å². The second kappa shape index (κ2) is 8.52. The first kappa shape index (κ1) is 23.4. The fourth-order valence-electron chi connectivity index (χ4n) is 9.56. The molecule has 0 aromatic carbocycles. The second-order valence-electron chi connectivity index (χ2n) is 12.2. The zero-order valence-corrected chi connectivity index (χ0v) is 20.1. The summed E-state index contributed by atoms with van der Waals surface area (Å²) in [6.45, 7) is 10.3. The van der Waals surface area contributed by atoms with Crippen molar-refractivity contribution in [3.05, 3.63) is 0 Å². The number of urea groups is 1. The number of primary amides is 1. The number of aliphatic hydroxyl groups is 2. The van der Waals surface area contributed by atoms with Crippen LogP contribution in [0.1, 0.15) is 85.5 Å². The molecule has 4 aliphatic carbocycles. The molecule has 5 heteroatoms. The van der Waals surface area contributed by atoms with Gasteiger partial charge in [-0.2, -0.15) is 0 Å². The Labute approximate surface area is 188 Å². The van der Waals surface area contributed by atoms with Crippen LogP contribution in [0.15, 0.2) is 0 Å². The first-order chi connectivity index (χ1) is 14.6. The van der Waals surface area contributed by atoms with E-state index in [2.05, 4.69) is 33.0 Å². The highest BCUT2D eigenvalue weighted by atomic mass is 16.3. The van der Waals surface area contributed by atoms with Crippen molar-refractivity contribution < 1.29 is 15.0 Å². The Morgan fingerprint density at radius 2 is 1.74 bits per heavy atom. The maximum absolute atomic E-state index is 11.7. The first-order valence-electron chi connectivity index (χ1n) is 13.0. The second-order valence-corrected chi connectivity index (χ2v) is 12.2. The molecule has 0 heterocycles. The van der Waals surface area contributed by atoms with Crippen LogP contribution >= 0.6 is 0 Å². The summed E-state index contributed by atoms with van der Waals surface area (Å²) in [7, 11) is 0. The van der Waals surface area contributed by atoms with Crippen LogP contribution in [-0.2, 0) is 0 Å². The van der Waals surface area contributed by atoms with Gasteiger partial charge in [0.25, 0.3) is 0 Å². The lowest BCUT2D eigenvalue weighted by atomic mass is 9.41. The Morgan fingerprint density at radius 1 is 1.06 bits per heavy atom. The van der Waals surface area contributed by atoms with E-state index in [1.807, 2.05) is 0 Å². The molecule has 5 N–H and O–H groups in total. The molecule has 178 valence electrons. The van der Waals surface area contributed by atoms with Crippen molar-refractivity contribution in [2.45, 2.75) is 97.7 Å². The van der Waals surface area contributed by atoms with Crippen LogP contribution in [0.25, 0.3) is 0 Å². The summed E-state index contributed by atoms with van der Waals surface area (Å²) in [6.07, 6.45) is 9.44. The highest BCUT2D eigenvalue weighted by Gasteiger charge is 2.64. The number of nitrogens with two attached hydrogens (primary N) is 1. The van der Waals surface area contributed by atoms with E-state index in [1.54, 1.807) is 0 Å². The van der Waals surface area contributed by atoms with Crippen molar-refractivity contribution in [3.8, 4) is 0 Å². The van der Waals surface area contributed by atoms with Gasteiger partial charge in [0.1, 0.15) is 0 Å². The molecule has 5 nitrogen and oxygen atoms in total. The average molecular weight is 435 g/mol. The molecule has 0 aromatic heterocycles.